The summed E-state index contributed by atoms with van der Waals surface area (Å²) in [4.78, 5) is 33.0. The molecule has 0 spiro atoms. The number of ether oxygens (including phenoxy) is 1. The van der Waals surface area contributed by atoms with E-state index in [1.807, 2.05) is 6.92 Å². The summed E-state index contributed by atoms with van der Waals surface area (Å²) in [7, 11) is -4.33. The fourth-order valence-electron chi connectivity index (χ4n) is 7.22. The van der Waals surface area contributed by atoms with Crippen LogP contribution < -0.4 is 0 Å². The Morgan fingerprint density at radius 2 is 0.750 bits per heavy atom. The molecule has 0 fully saturated rings. The molecule has 0 aliphatic rings. The normalized spacial score (nSPS) is 13.2. The van der Waals surface area contributed by atoms with E-state index in [-0.39, 0.29) is 18.8 Å². The van der Waals surface area contributed by atoms with Crippen LogP contribution in [0.5, 0.6) is 0 Å². The maximum atomic E-state index is 12.6. The van der Waals surface area contributed by atoms with Gasteiger partial charge in [-0.05, 0) is 25.7 Å². The van der Waals surface area contributed by atoms with Crippen molar-refractivity contribution in [3.8, 4) is 0 Å². The first-order valence-corrected chi connectivity index (χ1v) is 23.2. The molecular weight excluding hydrogens is 615 g/mol. The summed E-state index contributed by atoms with van der Waals surface area (Å²) in [5.41, 5.74) is 0. The SMILES string of the molecule is CCCCCCCCCCCCCCCCCCOC(=O)CCC(CC)(CCCCCCCCCCCCCCCCCC)P(=O)(O)O. The van der Waals surface area contributed by atoms with Crippen molar-refractivity contribution in [2.75, 3.05) is 6.61 Å². The lowest BCUT2D eigenvalue weighted by Gasteiger charge is -2.33. The van der Waals surface area contributed by atoms with Crippen LogP contribution in [0, 0.1) is 0 Å². The maximum Gasteiger partial charge on any atom is 0.331 e. The average molecular weight is 701 g/mol. The fraction of sp³-hybridized carbons (Fsp3) is 0.976. The molecule has 5 nitrogen and oxygen atoms in total. The summed E-state index contributed by atoms with van der Waals surface area (Å²) >= 11 is 0. The summed E-state index contributed by atoms with van der Waals surface area (Å²) in [5.74, 6) is -0.311. The van der Waals surface area contributed by atoms with E-state index >= 15 is 0 Å². The lowest BCUT2D eigenvalue weighted by atomic mass is 9.92. The number of carbonyl (C=O) groups is 1. The van der Waals surface area contributed by atoms with Crippen molar-refractivity contribution < 1.29 is 23.9 Å². The van der Waals surface area contributed by atoms with Gasteiger partial charge in [-0.1, -0.05) is 220 Å². The summed E-state index contributed by atoms with van der Waals surface area (Å²) in [6.45, 7) is 6.82. The molecule has 0 aromatic carbocycles. The van der Waals surface area contributed by atoms with Crippen LogP contribution in [0.3, 0.4) is 0 Å². The molecule has 0 rings (SSSR count). The smallest absolute Gasteiger partial charge is 0.331 e. The lowest BCUT2D eigenvalue weighted by Crippen LogP contribution is -2.29. The van der Waals surface area contributed by atoms with Crippen LogP contribution in [-0.2, 0) is 14.1 Å². The first-order valence-electron chi connectivity index (χ1n) is 21.5. The molecule has 288 valence electrons. The molecule has 0 heterocycles. The van der Waals surface area contributed by atoms with E-state index in [9.17, 15) is 19.1 Å². The molecule has 1 atom stereocenters. The third-order valence-electron chi connectivity index (χ3n) is 10.8. The highest BCUT2D eigenvalue weighted by Gasteiger charge is 2.44. The van der Waals surface area contributed by atoms with Gasteiger partial charge in [0.1, 0.15) is 0 Å². The van der Waals surface area contributed by atoms with E-state index in [0.717, 1.165) is 32.1 Å². The first-order chi connectivity index (χ1) is 23.3. The number of carbonyl (C=O) groups excluding carboxylic acids is 1. The minimum absolute atomic E-state index is 0.0939. The van der Waals surface area contributed by atoms with Gasteiger partial charge in [-0.25, -0.2) is 0 Å². The highest BCUT2D eigenvalue weighted by molar-refractivity contribution is 7.53. The molecule has 0 aliphatic carbocycles. The molecule has 0 saturated heterocycles. The van der Waals surface area contributed by atoms with Crippen molar-refractivity contribution >= 4 is 13.6 Å². The molecule has 2 N–H and O–H groups in total. The molecule has 48 heavy (non-hydrogen) atoms. The van der Waals surface area contributed by atoms with Crippen LogP contribution in [0.4, 0.5) is 0 Å². The largest absolute Gasteiger partial charge is 0.466 e. The van der Waals surface area contributed by atoms with Crippen LogP contribution in [0.25, 0.3) is 0 Å². The number of unbranched alkanes of at least 4 members (excludes halogenated alkanes) is 30. The summed E-state index contributed by atoms with van der Waals surface area (Å²) in [6, 6.07) is 0. The van der Waals surface area contributed by atoms with Crippen molar-refractivity contribution in [1.29, 1.82) is 0 Å². The highest BCUT2D eigenvalue weighted by atomic mass is 31.2. The fourth-order valence-corrected chi connectivity index (χ4v) is 8.49. The molecule has 0 radical (unpaired) electrons. The monoisotopic (exact) mass is 701 g/mol. The van der Waals surface area contributed by atoms with Crippen LogP contribution in [0.15, 0.2) is 0 Å². The quantitative estimate of drug-likeness (QED) is 0.0379. The Kier molecular flexibility index (Phi) is 34.8. The molecule has 0 aliphatic heterocycles. The van der Waals surface area contributed by atoms with Crippen LogP contribution in [0.2, 0.25) is 0 Å². The van der Waals surface area contributed by atoms with Crippen molar-refractivity contribution in [3.05, 3.63) is 0 Å². The second kappa shape index (κ2) is 35.0. The molecule has 1 unspecified atom stereocenters. The van der Waals surface area contributed by atoms with E-state index in [2.05, 4.69) is 13.8 Å². The van der Waals surface area contributed by atoms with E-state index < -0.39 is 12.8 Å². The van der Waals surface area contributed by atoms with Gasteiger partial charge in [0.05, 0.1) is 11.8 Å². The summed E-state index contributed by atoms with van der Waals surface area (Å²) < 4.78 is 18.0. The third-order valence-corrected chi connectivity index (χ3v) is 12.8. The van der Waals surface area contributed by atoms with Gasteiger partial charge >= 0.3 is 13.6 Å². The Morgan fingerprint density at radius 3 is 1.04 bits per heavy atom. The molecule has 0 aromatic heterocycles. The van der Waals surface area contributed by atoms with Crippen molar-refractivity contribution in [2.24, 2.45) is 0 Å². The number of hydrogen-bond donors (Lipinski definition) is 2. The van der Waals surface area contributed by atoms with E-state index in [4.69, 9.17) is 4.74 Å². The van der Waals surface area contributed by atoms with Crippen molar-refractivity contribution in [2.45, 2.75) is 257 Å². The van der Waals surface area contributed by atoms with Gasteiger partial charge in [0.25, 0.3) is 0 Å². The third kappa shape index (κ3) is 29.4. The predicted octanol–water partition coefficient (Wildman–Crippen LogP) is 14.5. The molecule has 0 bridgehead atoms. The van der Waals surface area contributed by atoms with Gasteiger partial charge in [0.15, 0.2) is 0 Å². The Labute approximate surface area is 300 Å². The average Bonchev–Trinajstić information content (AvgIpc) is 3.06. The van der Waals surface area contributed by atoms with Gasteiger partial charge in [-0.15, -0.1) is 0 Å². The highest BCUT2D eigenvalue weighted by Crippen LogP contribution is 2.57. The van der Waals surface area contributed by atoms with Gasteiger partial charge in [-0.2, -0.15) is 0 Å². The molecule has 0 aromatic rings. The molecule has 0 amide bonds. The first kappa shape index (κ1) is 47.6. The van der Waals surface area contributed by atoms with Crippen LogP contribution in [-0.4, -0.2) is 27.5 Å². The van der Waals surface area contributed by atoms with Crippen LogP contribution >= 0.6 is 7.60 Å². The Balaban J connectivity index is 3.83. The zero-order chi connectivity index (χ0) is 35.4. The Hall–Kier alpha value is -0.380. The number of hydrogen-bond acceptors (Lipinski definition) is 3. The van der Waals surface area contributed by atoms with E-state index in [1.165, 1.54) is 173 Å². The van der Waals surface area contributed by atoms with Gasteiger partial charge in [0.2, 0.25) is 0 Å². The van der Waals surface area contributed by atoms with E-state index in [1.54, 1.807) is 0 Å². The summed E-state index contributed by atoms with van der Waals surface area (Å²) in [5, 5.41) is -1.10. The standard InChI is InChI=1S/C42H85O5P/c1-4-7-9-11-13-15-17-19-21-23-25-27-29-31-33-35-38-42(6-3,48(44,45)46)39-37-41(43)47-40-36-34-32-30-28-26-24-22-20-18-16-14-12-10-8-5-2/h4-40H2,1-3H3,(H2,44,45,46). The lowest BCUT2D eigenvalue weighted by molar-refractivity contribution is -0.144. The molecular formula is C42H85O5P. The van der Waals surface area contributed by atoms with Gasteiger partial charge in [-0.3, -0.25) is 9.36 Å². The zero-order valence-corrected chi connectivity index (χ0v) is 33.6. The van der Waals surface area contributed by atoms with Gasteiger partial charge in [0, 0.05) is 6.42 Å². The van der Waals surface area contributed by atoms with Crippen molar-refractivity contribution in [1.82, 2.24) is 0 Å². The Morgan fingerprint density at radius 1 is 0.458 bits per heavy atom. The zero-order valence-electron chi connectivity index (χ0n) is 32.7. The summed E-state index contributed by atoms with van der Waals surface area (Å²) in [6.07, 6.45) is 42.7. The predicted molar refractivity (Wildman–Crippen MR) is 209 cm³/mol. The minimum atomic E-state index is -4.33. The number of esters is 1. The second-order valence-corrected chi connectivity index (χ2v) is 17.2. The van der Waals surface area contributed by atoms with E-state index in [0.29, 0.717) is 19.4 Å². The minimum Gasteiger partial charge on any atom is -0.466 e. The van der Waals surface area contributed by atoms with Crippen molar-refractivity contribution in [3.63, 3.8) is 0 Å². The number of rotatable bonds is 39. The Bertz CT molecular complexity index is 723. The molecule has 6 heteroatoms. The van der Waals surface area contributed by atoms with Gasteiger partial charge < -0.3 is 14.5 Å². The maximum absolute atomic E-state index is 12.6. The second-order valence-electron chi connectivity index (χ2n) is 15.2. The molecule has 0 saturated carbocycles. The topological polar surface area (TPSA) is 83.8 Å². The van der Waals surface area contributed by atoms with Crippen LogP contribution in [0.1, 0.15) is 252 Å².